The lowest BCUT2D eigenvalue weighted by Gasteiger charge is -2.26. The summed E-state index contributed by atoms with van der Waals surface area (Å²) < 4.78 is 5.94. The van der Waals surface area contributed by atoms with Crippen LogP contribution in [0.5, 0.6) is 0 Å². The highest BCUT2D eigenvalue weighted by Gasteiger charge is 2.22. The molecule has 2 heteroatoms. The highest BCUT2D eigenvalue weighted by Crippen LogP contribution is 2.18. The summed E-state index contributed by atoms with van der Waals surface area (Å²) in [6.45, 7) is 4.70. The third-order valence-corrected chi connectivity index (χ3v) is 5.40. The molecule has 1 heterocycles. The molecule has 0 aliphatic carbocycles. The summed E-state index contributed by atoms with van der Waals surface area (Å²) in [5, 5.41) is 1.44. The Morgan fingerprint density at radius 1 is 1.36 bits per heavy atom. The van der Waals surface area contributed by atoms with Gasteiger partial charge in [-0.1, -0.05) is 36.4 Å². The smallest absolute Gasteiger partial charge is 0.208 e. The molecule has 0 saturated carbocycles. The van der Waals surface area contributed by atoms with Gasteiger partial charge in [-0.05, 0) is 23.6 Å². The third kappa shape index (κ3) is 2.14. The average Bonchev–Trinajstić information content (AvgIpc) is 2.30. The van der Waals surface area contributed by atoms with E-state index < -0.39 is 9.04 Å². The van der Waals surface area contributed by atoms with Gasteiger partial charge < -0.3 is 4.43 Å². The lowest BCUT2D eigenvalue weighted by atomic mass is 10.1. The lowest BCUT2D eigenvalue weighted by Crippen LogP contribution is -2.38. The second-order valence-corrected chi connectivity index (χ2v) is 6.36. The molecule has 1 saturated heterocycles. The molecule has 0 radical (unpaired) electrons. The van der Waals surface area contributed by atoms with Crippen molar-refractivity contribution >= 4 is 14.2 Å². The first-order valence-corrected chi connectivity index (χ1v) is 7.06. The van der Waals surface area contributed by atoms with Crippen molar-refractivity contribution in [2.45, 2.75) is 12.5 Å². The second-order valence-electron chi connectivity index (χ2n) is 3.81. The fourth-order valence-electron chi connectivity index (χ4n) is 1.89. The van der Waals surface area contributed by atoms with Crippen molar-refractivity contribution < 1.29 is 4.43 Å². The van der Waals surface area contributed by atoms with Crippen LogP contribution in [0.1, 0.15) is 6.42 Å². The fourth-order valence-corrected chi connectivity index (χ4v) is 4.44. The van der Waals surface area contributed by atoms with Crippen LogP contribution in [0.2, 0.25) is 6.04 Å². The highest BCUT2D eigenvalue weighted by atomic mass is 28.3. The van der Waals surface area contributed by atoms with Gasteiger partial charge in [-0.3, -0.25) is 0 Å². The maximum Gasteiger partial charge on any atom is 0.208 e. The molecule has 2 atom stereocenters. The van der Waals surface area contributed by atoms with Crippen LogP contribution in [0.3, 0.4) is 0 Å². The normalized spacial score (nSPS) is 27.1. The summed E-state index contributed by atoms with van der Waals surface area (Å²) in [6, 6.07) is 11.9. The Labute approximate surface area is 87.1 Å². The van der Waals surface area contributed by atoms with E-state index in [9.17, 15) is 0 Å². The maximum absolute atomic E-state index is 5.94. The van der Waals surface area contributed by atoms with Crippen LogP contribution >= 0.6 is 0 Å². The van der Waals surface area contributed by atoms with Gasteiger partial charge in [0.1, 0.15) is 0 Å². The average molecular weight is 204 g/mol. The third-order valence-electron chi connectivity index (χ3n) is 2.82. The largest absolute Gasteiger partial charge is 0.415 e. The molecule has 0 amide bonds. The Morgan fingerprint density at radius 2 is 2.14 bits per heavy atom. The van der Waals surface area contributed by atoms with E-state index >= 15 is 0 Å². The quantitative estimate of drug-likeness (QED) is 0.527. The van der Waals surface area contributed by atoms with Crippen molar-refractivity contribution in [1.29, 1.82) is 0 Å². The lowest BCUT2D eigenvalue weighted by molar-refractivity contribution is 0.253. The Balaban J connectivity index is 1.99. The van der Waals surface area contributed by atoms with E-state index in [-0.39, 0.29) is 0 Å². The molecule has 1 aliphatic heterocycles. The van der Waals surface area contributed by atoms with E-state index in [0.717, 1.165) is 6.61 Å². The van der Waals surface area contributed by atoms with E-state index in [4.69, 9.17) is 4.43 Å². The molecule has 2 unspecified atom stereocenters. The first kappa shape index (κ1) is 9.68. The summed E-state index contributed by atoms with van der Waals surface area (Å²) in [4.78, 5) is 0. The summed E-state index contributed by atoms with van der Waals surface area (Å²) in [7, 11) is -1.08. The number of rotatable bonds is 2. The Hall–Kier alpha value is -0.863. The van der Waals surface area contributed by atoms with Crippen molar-refractivity contribution in [3.05, 3.63) is 43.0 Å². The SMILES string of the molecule is C=CC1CC[SiH](c2ccccc2)OC1. The van der Waals surface area contributed by atoms with Crippen LogP contribution in [0.4, 0.5) is 0 Å². The molecule has 1 fully saturated rings. The maximum atomic E-state index is 5.94. The molecule has 0 aromatic heterocycles. The van der Waals surface area contributed by atoms with Crippen LogP contribution in [-0.2, 0) is 4.43 Å². The van der Waals surface area contributed by atoms with Gasteiger partial charge in [-0.15, -0.1) is 6.58 Å². The molecule has 1 nitrogen and oxygen atoms in total. The van der Waals surface area contributed by atoms with E-state index in [1.807, 2.05) is 6.08 Å². The topological polar surface area (TPSA) is 9.23 Å². The van der Waals surface area contributed by atoms with Gasteiger partial charge in [-0.25, -0.2) is 0 Å². The summed E-state index contributed by atoms with van der Waals surface area (Å²) in [6.07, 6.45) is 3.28. The Bertz CT molecular complexity index is 288. The number of hydrogen-bond donors (Lipinski definition) is 0. The van der Waals surface area contributed by atoms with E-state index in [2.05, 4.69) is 36.9 Å². The van der Waals surface area contributed by atoms with Crippen LogP contribution in [0.25, 0.3) is 0 Å². The highest BCUT2D eigenvalue weighted by molar-refractivity contribution is 6.67. The molecule has 2 rings (SSSR count). The molecule has 1 aromatic carbocycles. The van der Waals surface area contributed by atoms with Crippen LogP contribution < -0.4 is 5.19 Å². The molecule has 1 aromatic rings. The molecule has 0 N–H and O–H groups in total. The van der Waals surface area contributed by atoms with Gasteiger partial charge >= 0.3 is 0 Å². The number of benzene rings is 1. The van der Waals surface area contributed by atoms with Crippen molar-refractivity contribution in [2.75, 3.05) is 6.61 Å². The molecule has 74 valence electrons. The fraction of sp³-hybridized carbons (Fsp3) is 0.333. The molecule has 14 heavy (non-hydrogen) atoms. The first-order valence-electron chi connectivity index (χ1n) is 5.19. The van der Waals surface area contributed by atoms with Gasteiger partial charge in [0.25, 0.3) is 0 Å². The van der Waals surface area contributed by atoms with Crippen molar-refractivity contribution in [3.63, 3.8) is 0 Å². The molecule has 0 spiro atoms. The Morgan fingerprint density at radius 3 is 2.71 bits per heavy atom. The van der Waals surface area contributed by atoms with E-state index in [1.54, 1.807) is 0 Å². The summed E-state index contributed by atoms with van der Waals surface area (Å²) >= 11 is 0. The molecular weight excluding hydrogens is 188 g/mol. The van der Waals surface area contributed by atoms with Gasteiger partial charge in [0.2, 0.25) is 9.04 Å². The van der Waals surface area contributed by atoms with E-state index in [0.29, 0.717) is 5.92 Å². The predicted octanol–water partition coefficient (Wildman–Crippen LogP) is 1.84. The minimum absolute atomic E-state index is 0.586. The van der Waals surface area contributed by atoms with Gasteiger partial charge in [-0.2, -0.15) is 0 Å². The van der Waals surface area contributed by atoms with Gasteiger partial charge in [0, 0.05) is 6.61 Å². The first-order chi connectivity index (χ1) is 6.90. The number of hydrogen-bond acceptors (Lipinski definition) is 1. The second kappa shape index (κ2) is 4.58. The molecule has 0 bridgehead atoms. The standard InChI is InChI=1S/C12H16OSi/c1-2-11-8-9-14(13-10-11)12-6-4-3-5-7-12/h2-7,11,14H,1,8-10H2. The predicted molar refractivity (Wildman–Crippen MR) is 62.3 cm³/mol. The van der Waals surface area contributed by atoms with Crippen LogP contribution in [0.15, 0.2) is 43.0 Å². The zero-order valence-electron chi connectivity index (χ0n) is 8.36. The van der Waals surface area contributed by atoms with Crippen molar-refractivity contribution in [2.24, 2.45) is 5.92 Å². The van der Waals surface area contributed by atoms with Gasteiger partial charge in [0.15, 0.2) is 0 Å². The minimum atomic E-state index is -1.08. The van der Waals surface area contributed by atoms with Crippen LogP contribution in [0, 0.1) is 5.92 Å². The zero-order valence-corrected chi connectivity index (χ0v) is 9.51. The zero-order chi connectivity index (χ0) is 9.80. The summed E-state index contributed by atoms with van der Waals surface area (Å²) in [5.74, 6) is 0.586. The van der Waals surface area contributed by atoms with E-state index in [1.165, 1.54) is 17.7 Å². The minimum Gasteiger partial charge on any atom is -0.415 e. The Kier molecular flexibility index (Phi) is 3.17. The molecule has 1 aliphatic rings. The van der Waals surface area contributed by atoms with Crippen molar-refractivity contribution in [1.82, 2.24) is 0 Å². The van der Waals surface area contributed by atoms with Gasteiger partial charge in [0.05, 0.1) is 0 Å². The molecular formula is C12H16OSi. The van der Waals surface area contributed by atoms with Crippen molar-refractivity contribution in [3.8, 4) is 0 Å². The summed E-state index contributed by atoms with van der Waals surface area (Å²) in [5.41, 5.74) is 0. The van der Waals surface area contributed by atoms with Crippen LogP contribution in [-0.4, -0.2) is 15.6 Å². The monoisotopic (exact) mass is 204 g/mol.